The first-order chi connectivity index (χ1) is 9.06. The summed E-state index contributed by atoms with van der Waals surface area (Å²) in [7, 11) is 0. The molecule has 0 amide bonds. The van der Waals surface area contributed by atoms with Gasteiger partial charge in [0.25, 0.3) is 0 Å². The monoisotopic (exact) mass is 339 g/mol. The molecule has 2 aromatic rings. The lowest BCUT2D eigenvalue weighted by atomic mass is 9.80. The topological polar surface area (TPSA) is 33.6 Å². The van der Waals surface area contributed by atoms with E-state index < -0.39 is 0 Å². The lowest BCUT2D eigenvalue weighted by molar-refractivity contribution is 0.209. The third-order valence-electron chi connectivity index (χ3n) is 4.24. The highest BCUT2D eigenvalue weighted by Gasteiger charge is 2.28. The summed E-state index contributed by atoms with van der Waals surface area (Å²) in [5, 5.41) is 0. The summed E-state index contributed by atoms with van der Waals surface area (Å²) in [5.41, 5.74) is 2.00. The Labute approximate surface area is 126 Å². The maximum Gasteiger partial charge on any atom is 0.179 e. The summed E-state index contributed by atoms with van der Waals surface area (Å²) >= 11 is 8.97. The molecule has 0 spiro atoms. The van der Waals surface area contributed by atoms with Crippen molar-refractivity contribution in [2.24, 2.45) is 11.8 Å². The molecule has 1 aliphatic carbocycles. The molecule has 0 bridgehead atoms. The molecular formula is C14H18BrN3S. The van der Waals surface area contributed by atoms with E-state index in [2.05, 4.69) is 44.3 Å². The van der Waals surface area contributed by atoms with E-state index in [0.717, 1.165) is 26.3 Å². The number of hydrogen-bond acceptors (Lipinski definition) is 2. The van der Waals surface area contributed by atoms with Crippen LogP contribution in [0.25, 0.3) is 11.2 Å². The zero-order valence-corrected chi connectivity index (χ0v) is 13.6. The fourth-order valence-electron chi connectivity index (χ4n) is 3.33. The van der Waals surface area contributed by atoms with Gasteiger partial charge in [-0.2, -0.15) is 0 Å². The number of aromatic nitrogens is 3. The van der Waals surface area contributed by atoms with E-state index in [0.29, 0.717) is 12.0 Å². The van der Waals surface area contributed by atoms with Crippen LogP contribution in [0.4, 0.5) is 0 Å². The first-order valence-electron chi connectivity index (χ1n) is 6.82. The predicted octanol–water partition coefficient (Wildman–Crippen LogP) is 4.85. The molecule has 0 aliphatic heterocycles. The van der Waals surface area contributed by atoms with Gasteiger partial charge in [0.15, 0.2) is 10.4 Å². The highest BCUT2D eigenvalue weighted by Crippen LogP contribution is 2.38. The first kappa shape index (κ1) is 13.3. The molecule has 0 aromatic carbocycles. The smallest absolute Gasteiger partial charge is 0.179 e. The lowest BCUT2D eigenvalue weighted by Crippen LogP contribution is -2.25. The molecule has 0 saturated heterocycles. The number of nitrogens with zero attached hydrogens (tertiary/aromatic N) is 2. The van der Waals surface area contributed by atoms with Crippen molar-refractivity contribution in [1.29, 1.82) is 0 Å². The van der Waals surface area contributed by atoms with Gasteiger partial charge in [-0.3, -0.25) is 4.57 Å². The minimum atomic E-state index is 0.478. The Bertz CT molecular complexity index is 660. The number of nitrogens with one attached hydrogen (secondary N) is 1. The fourth-order valence-corrected chi connectivity index (χ4v) is 3.99. The Hall–Kier alpha value is -0.680. The van der Waals surface area contributed by atoms with Gasteiger partial charge in [0.2, 0.25) is 0 Å². The van der Waals surface area contributed by atoms with Crippen molar-refractivity contribution in [2.45, 2.75) is 39.2 Å². The quantitative estimate of drug-likeness (QED) is 0.753. The Morgan fingerprint density at radius 2 is 2.21 bits per heavy atom. The van der Waals surface area contributed by atoms with Gasteiger partial charge in [0, 0.05) is 16.7 Å². The van der Waals surface area contributed by atoms with Crippen LogP contribution < -0.4 is 0 Å². The molecule has 3 rings (SSSR count). The zero-order valence-electron chi connectivity index (χ0n) is 11.2. The van der Waals surface area contributed by atoms with Crippen LogP contribution in [0, 0.1) is 16.6 Å². The molecule has 2 aromatic heterocycles. The second-order valence-corrected chi connectivity index (χ2v) is 7.09. The number of H-pyrrole nitrogens is 1. The number of aromatic amines is 1. The average molecular weight is 340 g/mol. The molecule has 1 aliphatic rings. The van der Waals surface area contributed by atoms with Crippen molar-refractivity contribution in [3.05, 3.63) is 21.5 Å². The molecule has 1 fully saturated rings. The van der Waals surface area contributed by atoms with Crippen LogP contribution >= 0.6 is 28.1 Å². The van der Waals surface area contributed by atoms with Crippen LogP contribution in [0.15, 0.2) is 16.7 Å². The van der Waals surface area contributed by atoms with E-state index in [4.69, 9.17) is 12.2 Å². The van der Waals surface area contributed by atoms with Crippen molar-refractivity contribution in [3.8, 4) is 0 Å². The minimum Gasteiger partial charge on any atom is -0.329 e. The minimum absolute atomic E-state index is 0.478. The van der Waals surface area contributed by atoms with Crippen LogP contribution in [0.1, 0.15) is 39.2 Å². The molecule has 3 nitrogen and oxygen atoms in total. The molecule has 0 radical (unpaired) electrons. The summed E-state index contributed by atoms with van der Waals surface area (Å²) in [6.45, 7) is 4.68. The predicted molar refractivity (Wildman–Crippen MR) is 83.8 cm³/mol. The van der Waals surface area contributed by atoms with Crippen molar-refractivity contribution < 1.29 is 0 Å². The summed E-state index contributed by atoms with van der Waals surface area (Å²) < 4.78 is 4.01. The van der Waals surface area contributed by atoms with E-state index in [1.54, 1.807) is 0 Å². The molecule has 19 heavy (non-hydrogen) atoms. The molecule has 1 N–H and O–H groups in total. The Kier molecular flexibility index (Phi) is 3.52. The second kappa shape index (κ2) is 5.02. The van der Waals surface area contributed by atoms with Crippen LogP contribution in [-0.2, 0) is 0 Å². The van der Waals surface area contributed by atoms with Crippen LogP contribution in [-0.4, -0.2) is 14.5 Å². The number of rotatable bonds is 1. The summed E-state index contributed by atoms with van der Waals surface area (Å²) in [4.78, 5) is 7.83. The average Bonchev–Trinajstić information content (AvgIpc) is 2.65. The number of imidazole rings is 1. The molecule has 2 heterocycles. The summed E-state index contributed by atoms with van der Waals surface area (Å²) in [6, 6.07) is 2.52. The van der Waals surface area contributed by atoms with Gasteiger partial charge in [-0.25, -0.2) is 4.98 Å². The van der Waals surface area contributed by atoms with Crippen molar-refractivity contribution in [1.82, 2.24) is 14.5 Å². The largest absolute Gasteiger partial charge is 0.329 e. The van der Waals surface area contributed by atoms with Crippen molar-refractivity contribution >= 4 is 39.3 Å². The van der Waals surface area contributed by atoms with Crippen LogP contribution in [0.3, 0.4) is 0 Å². The van der Waals surface area contributed by atoms with Gasteiger partial charge in [-0.05, 0) is 65.3 Å². The third-order valence-corrected chi connectivity index (χ3v) is 4.97. The van der Waals surface area contributed by atoms with E-state index in [1.165, 1.54) is 19.3 Å². The van der Waals surface area contributed by atoms with E-state index in [1.807, 2.05) is 12.3 Å². The van der Waals surface area contributed by atoms with Gasteiger partial charge in [0.1, 0.15) is 0 Å². The van der Waals surface area contributed by atoms with Gasteiger partial charge >= 0.3 is 0 Å². The van der Waals surface area contributed by atoms with Gasteiger partial charge in [0.05, 0.1) is 5.52 Å². The van der Waals surface area contributed by atoms with Crippen LogP contribution in [0.5, 0.6) is 0 Å². The molecular weight excluding hydrogens is 322 g/mol. The highest BCUT2D eigenvalue weighted by molar-refractivity contribution is 9.10. The summed E-state index contributed by atoms with van der Waals surface area (Å²) in [5.74, 6) is 1.48. The normalized spacial score (nSPS) is 27.8. The standard InChI is InChI=1S/C14H18BrN3S/c1-8-3-4-12(9(2)5-8)18-13-11(17-14(18)19)6-10(15)7-16-13/h6-9,12H,3-5H2,1-2H3,(H,17,19). The lowest BCUT2D eigenvalue weighted by Gasteiger charge is -2.33. The Balaban J connectivity index is 2.09. The van der Waals surface area contributed by atoms with E-state index in [9.17, 15) is 0 Å². The number of pyridine rings is 1. The molecule has 3 atom stereocenters. The number of halogens is 1. The molecule has 102 valence electrons. The Morgan fingerprint density at radius 1 is 1.42 bits per heavy atom. The van der Waals surface area contributed by atoms with Crippen LogP contribution in [0.2, 0.25) is 0 Å². The molecule has 5 heteroatoms. The maximum atomic E-state index is 5.51. The van der Waals surface area contributed by atoms with Crippen molar-refractivity contribution in [3.63, 3.8) is 0 Å². The third kappa shape index (κ3) is 2.38. The zero-order chi connectivity index (χ0) is 13.6. The van der Waals surface area contributed by atoms with Gasteiger partial charge in [-0.15, -0.1) is 0 Å². The van der Waals surface area contributed by atoms with Crippen molar-refractivity contribution in [2.75, 3.05) is 0 Å². The SMILES string of the molecule is CC1CCC(n2c(=S)[nH]c3cc(Br)cnc32)C(C)C1. The first-order valence-corrected chi connectivity index (χ1v) is 8.02. The van der Waals surface area contributed by atoms with E-state index in [-0.39, 0.29) is 0 Å². The molecule has 3 unspecified atom stereocenters. The Morgan fingerprint density at radius 3 is 2.95 bits per heavy atom. The van der Waals surface area contributed by atoms with E-state index >= 15 is 0 Å². The highest BCUT2D eigenvalue weighted by atomic mass is 79.9. The van der Waals surface area contributed by atoms with Gasteiger partial charge in [-0.1, -0.05) is 13.8 Å². The summed E-state index contributed by atoms with van der Waals surface area (Å²) in [6.07, 6.45) is 5.59. The fraction of sp³-hybridized carbons (Fsp3) is 0.571. The van der Waals surface area contributed by atoms with Gasteiger partial charge < -0.3 is 4.98 Å². The number of fused-ring (bicyclic) bond motifs is 1. The number of hydrogen-bond donors (Lipinski definition) is 1. The maximum absolute atomic E-state index is 5.51. The molecule has 1 saturated carbocycles. The second-order valence-electron chi connectivity index (χ2n) is 5.79.